The second kappa shape index (κ2) is 6.01. The molecular formula is C13H14ClN3O4. The molecule has 0 radical (unpaired) electrons. The molecule has 3 amide bonds. The lowest BCUT2D eigenvalue weighted by Crippen LogP contribution is -2.38. The molecule has 0 spiro atoms. The first-order valence-corrected chi connectivity index (χ1v) is 6.66. The van der Waals surface area contributed by atoms with E-state index in [1.165, 1.54) is 30.0 Å². The molecule has 8 heteroatoms. The van der Waals surface area contributed by atoms with Gasteiger partial charge in [0, 0.05) is 18.7 Å². The van der Waals surface area contributed by atoms with Crippen LogP contribution in [-0.4, -0.2) is 42.1 Å². The van der Waals surface area contributed by atoms with Gasteiger partial charge in [-0.1, -0.05) is 11.6 Å². The maximum Gasteiger partial charge on any atom is 0.325 e. The summed E-state index contributed by atoms with van der Waals surface area (Å²) in [5.74, 6) is -1.67. The zero-order chi connectivity index (χ0) is 15.6. The average Bonchev–Trinajstić information content (AvgIpc) is 2.85. The van der Waals surface area contributed by atoms with Crippen molar-refractivity contribution < 1.29 is 19.5 Å². The molecule has 1 aliphatic heterocycles. The lowest BCUT2D eigenvalue weighted by Gasteiger charge is -2.17. The minimum atomic E-state index is -1.13. The molecule has 2 rings (SSSR count). The van der Waals surface area contributed by atoms with Gasteiger partial charge in [-0.05, 0) is 25.1 Å². The Kier molecular flexibility index (Phi) is 4.32. The number of nitrogens with zero attached hydrogens (tertiary/aromatic N) is 1. The highest BCUT2D eigenvalue weighted by Crippen LogP contribution is 2.28. The Bertz CT molecular complexity index is 605. The standard InChI is InChI=1S/C13H14ClN3O4/c1-7(12(19)20)16-11(18)8-2-3-9(14)10(6-8)17-5-4-15-13(17)21/h2-3,6-7H,4-5H2,1H3,(H,15,21)(H,16,18)(H,19,20). The van der Waals surface area contributed by atoms with Crippen LogP contribution in [0.15, 0.2) is 18.2 Å². The zero-order valence-corrected chi connectivity index (χ0v) is 12.0. The van der Waals surface area contributed by atoms with E-state index in [2.05, 4.69) is 10.6 Å². The number of benzene rings is 1. The molecule has 112 valence electrons. The van der Waals surface area contributed by atoms with E-state index in [1.807, 2.05) is 0 Å². The molecule has 0 aliphatic carbocycles. The van der Waals surface area contributed by atoms with E-state index in [0.29, 0.717) is 23.8 Å². The van der Waals surface area contributed by atoms with Crippen molar-refractivity contribution in [1.82, 2.24) is 10.6 Å². The fraction of sp³-hybridized carbons (Fsp3) is 0.308. The van der Waals surface area contributed by atoms with Crippen molar-refractivity contribution in [3.63, 3.8) is 0 Å². The Morgan fingerprint density at radius 3 is 2.76 bits per heavy atom. The van der Waals surface area contributed by atoms with Gasteiger partial charge in [0.1, 0.15) is 6.04 Å². The van der Waals surface area contributed by atoms with Crippen molar-refractivity contribution >= 4 is 35.2 Å². The zero-order valence-electron chi connectivity index (χ0n) is 11.2. The summed E-state index contributed by atoms with van der Waals surface area (Å²) in [7, 11) is 0. The Morgan fingerprint density at radius 1 is 1.48 bits per heavy atom. The number of carboxylic acids is 1. The minimum Gasteiger partial charge on any atom is -0.480 e. The van der Waals surface area contributed by atoms with Gasteiger partial charge in [0.25, 0.3) is 5.91 Å². The number of anilines is 1. The van der Waals surface area contributed by atoms with E-state index in [1.54, 1.807) is 0 Å². The second-order valence-electron chi connectivity index (χ2n) is 4.58. The van der Waals surface area contributed by atoms with Gasteiger partial charge in [0.15, 0.2) is 0 Å². The van der Waals surface area contributed by atoms with Crippen LogP contribution in [-0.2, 0) is 4.79 Å². The summed E-state index contributed by atoms with van der Waals surface area (Å²) in [6.45, 7) is 2.32. The molecule has 1 heterocycles. The molecule has 1 atom stereocenters. The summed E-state index contributed by atoms with van der Waals surface area (Å²) >= 11 is 6.05. The molecule has 1 aromatic carbocycles. The fourth-order valence-electron chi connectivity index (χ4n) is 1.90. The Hall–Kier alpha value is -2.28. The van der Waals surface area contributed by atoms with Crippen molar-refractivity contribution in [2.75, 3.05) is 18.0 Å². The summed E-state index contributed by atoms with van der Waals surface area (Å²) in [5.41, 5.74) is 0.657. The number of halogens is 1. The lowest BCUT2D eigenvalue weighted by molar-refractivity contribution is -0.138. The van der Waals surface area contributed by atoms with Crippen molar-refractivity contribution in [3.8, 4) is 0 Å². The third kappa shape index (κ3) is 3.25. The predicted octanol–water partition coefficient (Wildman–Crippen LogP) is 1.07. The highest BCUT2D eigenvalue weighted by Gasteiger charge is 2.24. The lowest BCUT2D eigenvalue weighted by atomic mass is 10.1. The number of amides is 3. The third-order valence-electron chi connectivity index (χ3n) is 3.07. The Labute approximate surface area is 125 Å². The molecule has 0 bridgehead atoms. The molecule has 1 aromatic rings. The van der Waals surface area contributed by atoms with E-state index < -0.39 is 17.9 Å². The average molecular weight is 312 g/mol. The molecule has 1 saturated heterocycles. The van der Waals surface area contributed by atoms with E-state index in [4.69, 9.17) is 16.7 Å². The van der Waals surface area contributed by atoms with E-state index in [0.717, 1.165) is 0 Å². The minimum absolute atomic E-state index is 0.238. The molecule has 1 fully saturated rings. The second-order valence-corrected chi connectivity index (χ2v) is 4.99. The van der Waals surface area contributed by atoms with Gasteiger partial charge in [0.2, 0.25) is 0 Å². The van der Waals surface area contributed by atoms with Gasteiger partial charge in [-0.25, -0.2) is 4.79 Å². The SMILES string of the molecule is CC(NC(=O)c1ccc(Cl)c(N2CCNC2=O)c1)C(=O)O. The number of rotatable bonds is 4. The van der Waals surface area contributed by atoms with Crippen LogP contribution in [0.25, 0.3) is 0 Å². The molecule has 1 aliphatic rings. The Morgan fingerprint density at radius 2 is 2.19 bits per heavy atom. The molecule has 3 N–H and O–H groups in total. The number of hydrogen-bond acceptors (Lipinski definition) is 3. The van der Waals surface area contributed by atoms with Crippen molar-refractivity contribution in [3.05, 3.63) is 28.8 Å². The van der Waals surface area contributed by atoms with Crippen LogP contribution < -0.4 is 15.5 Å². The van der Waals surface area contributed by atoms with Crippen molar-refractivity contribution in [2.45, 2.75) is 13.0 Å². The maximum absolute atomic E-state index is 12.0. The first-order valence-electron chi connectivity index (χ1n) is 6.28. The molecule has 7 nitrogen and oxygen atoms in total. The van der Waals surface area contributed by atoms with Crippen LogP contribution >= 0.6 is 11.6 Å². The van der Waals surface area contributed by atoms with E-state index >= 15 is 0 Å². The highest BCUT2D eigenvalue weighted by atomic mass is 35.5. The first-order chi connectivity index (χ1) is 9.90. The molecule has 0 aromatic heterocycles. The van der Waals surface area contributed by atoms with Gasteiger partial charge in [-0.3, -0.25) is 14.5 Å². The summed E-state index contributed by atoms with van der Waals surface area (Å²) in [6.07, 6.45) is 0. The number of hydrogen-bond donors (Lipinski definition) is 3. The third-order valence-corrected chi connectivity index (χ3v) is 3.39. The van der Waals surface area contributed by atoms with Gasteiger partial charge in [-0.2, -0.15) is 0 Å². The molecular weight excluding hydrogens is 298 g/mol. The monoisotopic (exact) mass is 311 g/mol. The molecule has 0 saturated carbocycles. The number of carboxylic acid groups (broad SMARTS) is 1. The topological polar surface area (TPSA) is 98.7 Å². The fourth-order valence-corrected chi connectivity index (χ4v) is 2.12. The summed E-state index contributed by atoms with van der Waals surface area (Å²) in [6, 6.07) is 3.16. The van der Waals surface area contributed by atoms with Crippen LogP contribution in [0.2, 0.25) is 5.02 Å². The van der Waals surface area contributed by atoms with Crippen LogP contribution in [0, 0.1) is 0 Å². The largest absolute Gasteiger partial charge is 0.480 e. The van der Waals surface area contributed by atoms with Gasteiger partial charge in [0.05, 0.1) is 10.7 Å². The van der Waals surface area contributed by atoms with Gasteiger partial charge in [-0.15, -0.1) is 0 Å². The van der Waals surface area contributed by atoms with Crippen molar-refractivity contribution in [1.29, 1.82) is 0 Å². The maximum atomic E-state index is 12.0. The number of urea groups is 1. The summed E-state index contributed by atoms with van der Waals surface area (Å²) in [5, 5.41) is 14.1. The van der Waals surface area contributed by atoms with Crippen LogP contribution in [0.5, 0.6) is 0 Å². The van der Waals surface area contributed by atoms with E-state index in [9.17, 15) is 14.4 Å². The smallest absolute Gasteiger partial charge is 0.325 e. The predicted molar refractivity (Wildman–Crippen MR) is 76.8 cm³/mol. The Balaban J connectivity index is 2.24. The molecule has 21 heavy (non-hydrogen) atoms. The van der Waals surface area contributed by atoms with Crippen LogP contribution in [0.4, 0.5) is 10.5 Å². The van der Waals surface area contributed by atoms with Crippen LogP contribution in [0.1, 0.15) is 17.3 Å². The first kappa shape index (κ1) is 15.1. The van der Waals surface area contributed by atoms with Gasteiger partial charge >= 0.3 is 12.0 Å². The summed E-state index contributed by atoms with van der Waals surface area (Å²) < 4.78 is 0. The number of carbonyl (C=O) groups excluding carboxylic acids is 2. The number of nitrogens with one attached hydrogen (secondary N) is 2. The number of aliphatic carboxylic acids is 1. The van der Waals surface area contributed by atoms with Crippen LogP contribution in [0.3, 0.4) is 0 Å². The quantitative estimate of drug-likeness (QED) is 0.774. The molecule has 1 unspecified atom stereocenters. The number of carbonyl (C=O) groups is 3. The normalized spacial score (nSPS) is 15.5. The summed E-state index contributed by atoms with van der Waals surface area (Å²) in [4.78, 5) is 35.8. The van der Waals surface area contributed by atoms with Gasteiger partial charge < -0.3 is 15.7 Å². The van der Waals surface area contributed by atoms with E-state index in [-0.39, 0.29) is 11.6 Å². The highest BCUT2D eigenvalue weighted by molar-refractivity contribution is 6.34. The van der Waals surface area contributed by atoms with Crippen molar-refractivity contribution in [2.24, 2.45) is 0 Å².